The first-order chi connectivity index (χ1) is 7.65. The molecule has 0 aliphatic rings. The molecule has 0 fully saturated rings. The molecule has 1 unspecified atom stereocenters. The second kappa shape index (κ2) is 4.56. The van der Waals surface area contributed by atoms with Gasteiger partial charge in [-0.15, -0.1) is 0 Å². The summed E-state index contributed by atoms with van der Waals surface area (Å²) in [5.41, 5.74) is 3.44. The predicted molar refractivity (Wildman–Crippen MR) is 58.7 cm³/mol. The maximum atomic E-state index is 12.5. The van der Waals surface area contributed by atoms with Gasteiger partial charge in [0.1, 0.15) is 0 Å². The molecule has 0 heterocycles. The van der Waals surface area contributed by atoms with Gasteiger partial charge in [0.05, 0.1) is 11.8 Å². The zero-order valence-electron chi connectivity index (χ0n) is 9.01. The van der Waals surface area contributed by atoms with E-state index < -0.39 is 23.9 Å². The van der Waals surface area contributed by atoms with Crippen molar-refractivity contribution in [2.24, 2.45) is 5.73 Å². The molecule has 0 aromatic heterocycles. The van der Waals surface area contributed by atoms with Gasteiger partial charge in [-0.1, -0.05) is 23.7 Å². The number of alkyl halides is 3. The van der Waals surface area contributed by atoms with Crippen LogP contribution in [0, 0.1) is 0 Å². The zero-order valence-corrected chi connectivity index (χ0v) is 9.77. The van der Waals surface area contributed by atoms with Crippen molar-refractivity contribution in [3.63, 3.8) is 0 Å². The smallest absolute Gasteiger partial charge is 0.369 e. The summed E-state index contributed by atoms with van der Waals surface area (Å²) in [4.78, 5) is 11.3. The molecular weight excluding hydrogens is 255 g/mol. The molecule has 0 spiro atoms. The fourth-order valence-corrected chi connectivity index (χ4v) is 1.75. The molecule has 0 bridgehead atoms. The summed E-state index contributed by atoms with van der Waals surface area (Å²) < 4.78 is 37.4. The van der Waals surface area contributed by atoms with Crippen molar-refractivity contribution in [3.8, 4) is 0 Å². The molecule has 94 valence electrons. The highest BCUT2D eigenvalue weighted by atomic mass is 35.5. The van der Waals surface area contributed by atoms with Crippen molar-refractivity contribution in [2.45, 2.75) is 24.9 Å². The van der Waals surface area contributed by atoms with E-state index in [0.29, 0.717) is 0 Å². The van der Waals surface area contributed by atoms with Gasteiger partial charge in [-0.2, -0.15) is 13.2 Å². The van der Waals surface area contributed by atoms with Gasteiger partial charge in [-0.25, -0.2) is 0 Å². The Morgan fingerprint density at radius 2 is 2.00 bits per heavy atom. The SMILES string of the molecule is CC(CC(F)(F)F)(C(N)=O)c1cccc(Cl)c1. The third-order valence-electron chi connectivity index (χ3n) is 2.56. The fourth-order valence-electron chi connectivity index (χ4n) is 1.56. The molecule has 1 amide bonds. The molecule has 6 heteroatoms. The lowest BCUT2D eigenvalue weighted by Gasteiger charge is -2.27. The summed E-state index contributed by atoms with van der Waals surface area (Å²) in [6.45, 7) is 1.16. The Bertz CT molecular complexity index is 433. The normalized spacial score (nSPS) is 15.4. The van der Waals surface area contributed by atoms with Crippen molar-refractivity contribution in [3.05, 3.63) is 34.9 Å². The number of amides is 1. The van der Waals surface area contributed by atoms with E-state index in [9.17, 15) is 18.0 Å². The molecule has 17 heavy (non-hydrogen) atoms. The standard InChI is InChI=1S/C11H11ClF3NO/c1-10(9(16)17,6-11(13,14)15)7-3-2-4-8(12)5-7/h2-5H,6H2,1H3,(H2,16,17). The third-order valence-corrected chi connectivity index (χ3v) is 2.79. The third kappa shape index (κ3) is 3.36. The lowest BCUT2D eigenvalue weighted by molar-refractivity contribution is -0.155. The van der Waals surface area contributed by atoms with E-state index in [1.165, 1.54) is 24.3 Å². The summed E-state index contributed by atoms with van der Waals surface area (Å²) in [5, 5.41) is 0.261. The zero-order chi connectivity index (χ0) is 13.3. The second-order valence-corrected chi connectivity index (χ2v) is 4.44. The number of hydrogen-bond acceptors (Lipinski definition) is 1. The molecule has 0 radical (unpaired) electrons. The molecule has 1 aromatic rings. The average molecular weight is 266 g/mol. The molecule has 0 saturated carbocycles. The van der Waals surface area contributed by atoms with Crippen LogP contribution in [0.3, 0.4) is 0 Å². The van der Waals surface area contributed by atoms with Crippen molar-refractivity contribution in [2.75, 3.05) is 0 Å². The van der Waals surface area contributed by atoms with Gasteiger partial charge in [-0.05, 0) is 24.6 Å². The van der Waals surface area contributed by atoms with Gasteiger partial charge in [0.25, 0.3) is 0 Å². The van der Waals surface area contributed by atoms with Crippen LogP contribution >= 0.6 is 11.6 Å². The topological polar surface area (TPSA) is 43.1 Å². The number of halogens is 4. The van der Waals surface area contributed by atoms with E-state index in [2.05, 4.69) is 0 Å². The van der Waals surface area contributed by atoms with E-state index in [0.717, 1.165) is 6.92 Å². The number of carbonyl (C=O) groups excluding carboxylic acids is 1. The van der Waals surface area contributed by atoms with Crippen LogP contribution in [-0.4, -0.2) is 12.1 Å². The Kier molecular flexibility index (Phi) is 3.71. The van der Waals surface area contributed by atoms with Crippen molar-refractivity contribution < 1.29 is 18.0 Å². The maximum absolute atomic E-state index is 12.5. The molecule has 2 N–H and O–H groups in total. The van der Waals surface area contributed by atoms with E-state index in [1.54, 1.807) is 0 Å². The van der Waals surface area contributed by atoms with Gasteiger partial charge >= 0.3 is 6.18 Å². The van der Waals surface area contributed by atoms with Crippen LogP contribution in [0.1, 0.15) is 18.9 Å². The van der Waals surface area contributed by atoms with Crippen molar-refractivity contribution in [1.82, 2.24) is 0 Å². The summed E-state index contributed by atoms with van der Waals surface area (Å²) >= 11 is 5.69. The molecule has 1 rings (SSSR count). The lowest BCUT2D eigenvalue weighted by atomic mass is 9.78. The van der Waals surface area contributed by atoms with E-state index in [-0.39, 0.29) is 10.6 Å². The molecular formula is C11H11ClF3NO. The molecule has 1 aromatic carbocycles. The quantitative estimate of drug-likeness (QED) is 0.897. The number of rotatable bonds is 3. The molecule has 2 nitrogen and oxygen atoms in total. The first-order valence-corrected chi connectivity index (χ1v) is 5.16. The van der Waals surface area contributed by atoms with Crippen LogP contribution in [0.5, 0.6) is 0 Å². The maximum Gasteiger partial charge on any atom is 0.390 e. The van der Waals surface area contributed by atoms with Gasteiger partial charge in [0.2, 0.25) is 5.91 Å². The fraction of sp³-hybridized carbons (Fsp3) is 0.364. The van der Waals surface area contributed by atoms with Crippen LogP contribution in [0.2, 0.25) is 5.02 Å². The highest BCUT2D eigenvalue weighted by Gasteiger charge is 2.44. The van der Waals surface area contributed by atoms with Gasteiger partial charge < -0.3 is 5.73 Å². The predicted octanol–water partition coefficient (Wildman–Crippen LogP) is 3.04. The summed E-state index contributed by atoms with van der Waals surface area (Å²) in [7, 11) is 0. The van der Waals surface area contributed by atoms with Crippen LogP contribution in [0.25, 0.3) is 0 Å². The first kappa shape index (κ1) is 13.8. The largest absolute Gasteiger partial charge is 0.390 e. The number of carbonyl (C=O) groups is 1. The number of benzene rings is 1. The first-order valence-electron chi connectivity index (χ1n) is 4.78. The molecule has 0 saturated heterocycles. The van der Waals surface area contributed by atoms with Gasteiger partial charge in [-0.3, -0.25) is 4.79 Å². The van der Waals surface area contributed by atoms with E-state index >= 15 is 0 Å². The summed E-state index contributed by atoms with van der Waals surface area (Å²) in [6.07, 6.45) is -5.79. The van der Waals surface area contributed by atoms with Crippen LogP contribution in [-0.2, 0) is 10.2 Å². The highest BCUT2D eigenvalue weighted by molar-refractivity contribution is 6.30. The van der Waals surface area contributed by atoms with Crippen LogP contribution < -0.4 is 5.73 Å². The molecule has 1 atom stereocenters. The Hall–Kier alpha value is -1.23. The highest BCUT2D eigenvalue weighted by Crippen LogP contribution is 2.36. The summed E-state index contributed by atoms with van der Waals surface area (Å²) in [5.74, 6) is -1.03. The molecule has 0 aliphatic carbocycles. The van der Waals surface area contributed by atoms with Crippen molar-refractivity contribution >= 4 is 17.5 Å². The number of hydrogen-bond donors (Lipinski definition) is 1. The average Bonchev–Trinajstić information content (AvgIpc) is 2.14. The van der Waals surface area contributed by atoms with E-state index in [1.807, 2.05) is 0 Å². The van der Waals surface area contributed by atoms with E-state index in [4.69, 9.17) is 17.3 Å². The number of primary amides is 1. The van der Waals surface area contributed by atoms with Crippen LogP contribution in [0.4, 0.5) is 13.2 Å². The summed E-state index contributed by atoms with van der Waals surface area (Å²) in [6, 6.07) is 5.72. The Balaban J connectivity index is 3.21. The Labute approximate surface area is 102 Å². The minimum atomic E-state index is -4.48. The van der Waals surface area contributed by atoms with Gasteiger partial charge in [0.15, 0.2) is 0 Å². The number of nitrogens with two attached hydrogens (primary N) is 1. The molecule has 0 aliphatic heterocycles. The monoisotopic (exact) mass is 265 g/mol. The Morgan fingerprint density at radius 1 is 1.41 bits per heavy atom. The minimum absolute atomic E-state index is 0.162. The second-order valence-electron chi connectivity index (χ2n) is 4.00. The lowest BCUT2D eigenvalue weighted by Crippen LogP contribution is -2.42. The van der Waals surface area contributed by atoms with Gasteiger partial charge in [0, 0.05) is 5.02 Å². The Morgan fingerprint density at radius 3 is 2.41 bits per heavy atom. The van der Waals surface area contributed by atoms with Crippen molar-refractivity contribution in [1.29, 1.82) is 0 Å². The minimum Gasteiger partial charge on any atom is -0.369 e. The van der Waals surface area contributed by atoms with Crippen LogP contribution in [0.15, 0.2) is 24.3 Å².